The van der Waals surface area contributed by atoms with Gasteiger partial charge in [0.05, 0.1) is 32.1 Å². The van der Waals surface area contributed by atoms with Gasteiger partial charge in [-0.2, -0.15) is 25.3 Å². The van der Waals surface area contributed by atoms with Gasteiger partial charge in [0.15, 0.2) is 5.96 Å². The molecule has 0 aliphatic heterocycles. The SMILES string of the molecule is CC(C)C[C@H](NC(=O)CNC(=O)[C@@H](N)CS)C(=O)N[C@@H](CC(=O)O)C(=O)N[C@@H](CCCCN)C(=O)N[C@@H](CCCN=C(N)N)C(=O)NCC(=O)N[C@@H](CS)C(=O)NCC(N)=O. The lowest BCUT2D eigenvalue weighted by molar-refractivity contribution is -0.141. The molecule has 19 N–H and O–H groups in total. The number of unbranched alkanes of at least 4 members (excludes halogenated alkanes) is 1. The number of primary amides is 1. The Morgan fingerprint density at radius 3 is 1.57 bits per heavy atom. The van der Waals surface area contributed by atoms with Crippen LogP contribution in [-0.4, -0.2) is 151 Å². The number of guanidine groups is 1. The van der Waals surface area contributed by atoms with E-state index in [2.05, 4.69) is 72.8 Å². The maximum absolute atomic E-state index is 13.8. The van der Waals surface area contributed by atoms with Gasteiger partial charge >= 0.3 is 5.97 Å². The Morgan fingerprint density at radius 1 is 0.590 bits per heavy atom. The highest BCUT2D eigenvalue weighted by atomic mass is 32.1. The first-order valence-corrected chi connectivity index (χ1v) is 20.5. The van der Waals surface area contributed by atoms with E-state index in [0.717, 1.165) is 0 Å². The molecule has 0 radical (unpaired) electrons. The molecule has 0 saturated heterocycles. The molecule has 0 aliphatic rings. The fraction of sp³-hybridized carbons (Fsp3) is 0.676. The van der Waals surface area contributed by atoms with E-state index in [-0.39, 0.29) is 68.6 Å². The van der Waals surface area contributed by atoms with Crippen LogP contribution in [0.1, 0.15) is 58.8 Å². The van der Waals surface area contributed by atoms with Crippen molar-refractivity contribution in [1.82, 2.24) is 42.5 Å². The number of hydrogen-bond acceptors (Lipinski definition) is 15. The van der Waals surface area contributed by atoms with Gasteiger partial charge < -0.3 is 76.3 Å². The van der Waals surface area contributed by atoms with Crippen molar-refractivity contribution in [3.8, 4) is 0 Å². The van der Waals surface area contributed by atoms with Gasteiger partial charge in [0.1, 0.15) is 30.2 Å². The highest BCUT2D eigenvalue weighted by Gasteiger charge is 2.33. The van der Waals surface area contributed by atoms with Crippen molar-refractivity contribution in [3.05, 3.63) is 0 Å². The molecule has 0 aliphatic carbocycles. The molecular formula is C34H62N14O11S2. The van der Waals surface area contributed by atoms with Crippen molar-refractivity contribution in [2.45, 2.75) is 95.0 Å². The Morgan fingerprint density at radius 2 is 1.07 bits per heavy atom. The molecule has 0 rings (SSSR count). The molecular weight excluding hydrogens is 845 g/mol. The van der Waals surface area contributed by atoms with Crippen LogP contribution < -0.4 is 71.2 Å². The number of thiol groups is 2. The van der Waals surface area contributed by atoms with E-state index in [1.807, 2.05) is 0 Å². The van der Waals surface area contributed by atoms with E-state index >= 15 is 0 Å². The van der Waals surface area contributed by atoms with E-state index in [9.17, 15) is 53.1 Å². The van der Waals surface area contributed by atoms with Crippen LogP contribution in [0.25, 0.3) is 0 Å². The van der Waals surface area contributed by atoms with Gasteiger partial charge in [-0.25, -0.2) is 0 Å². The van der Waals surface area contributed by atoms with Gasteiger partial charge in [0.25, 0.3) is 0 Å². The number of carbonyl (C=O) groups is 10. The first kappa shape index (κ1) is 55.6. The minimum atomic E-state index is -1.76. The maximum atomic E-state index is 13.8. The molecule has 346 valence electrons. The minimum Gasteiger partial charge on any atom is -0.481 e. The number of nitrogens with two attached hydrogens (primary N) is 5. The maximum Gasteiger partial charge on any atom is 0.305 e. The van der Waals surface area contributed by atoms with Crippen LogP contribution in [0, 0.1) is 5.92 Å². The Labute approximate surface area is 363 Å². The first-order chi connectivity index (χ1) is 28.6. The average molecular weight is 907 g/mol. The first-order valence-electron chi connectivity index (χ1n) is 19.2. The van der Waals surface area contributed by atoms with Gasteiger partial charge in [0, 0.05) is 18.1 Å². The Hall–Kier alpha value is -5.41. The smallest absolute Gasteiger partial charge is 0.305 e. The summed E-state index contributed by atoms with van der Waals surface area (Å²) >= 11 is 7.94. The quantitative estimate of drug-likeness (QED) is 0.0133. The molecule has 0 aromatic carbocycles. The number of nitrogens with one attached hydrogen (secondary N) is 8. The third-order valence-electron chi connectivity index (χ3n) is 8.18. The number of nitrogens with zero attached hydrogens (tertiary/aromatic N) is 1. The lowest BCUT2D eigenvalue weighted by Gasteiger charge is -2.26. The molecule has 0 heterocycles. The van der Waals surface area contributed by atoms with Crippen molar-refractivity contribution in [3.63, 3.8) is 0 Å². The lowest BCUT2D eigenvalue weighted by Crippen LogP contribution is -2.59. The summed E-state index contributed by atoms with van der Waals surface area (Å²) in [6.45, 7) is 2.03. The van der Waals surface area contributed by atoms with Gasteiger partial charge in [-0.3, -0.25) is 52.9 Å². The normalized spacial score (nSPS) is 13.7. The van der Waals surface area contributed by atoms with Crippen LogP contribution in [0.4, 0.5) is 0 Å². The number of carboxylic acids is 1. The second-order valence-corrected chi connectivity index (χ2v) is 14.7. The summed E-state index contributed by atoms with van der Waals surface area (Å²) in [5, 5.41) is 28.6. The molecule has 0 aromatic rings. The van der Waals surface area contributed by atoms with E-state index < -0.39 is 121 Å². The highest BCUT2D eigenvalue weighted by Crippen LogP contribution is 2.09. The number of aliphatic imine (C=N–C) groups is 1. The Balaban J connectivity index is 6.20. The van der Waals surface area contributed by atoms with Crippen molar-refractivity contribution >= 4 is 90.4 Å². The molecule has 0 bridgehead atoms. The van der Waals surface area contributed by atoms with Gasteiger partial charge in [0.2, 0.25) is 53.2 Å². The Bertz CT molecular complexity index is 1550. The predicted octanol–water partition coefficient (Wildman–Crippen LogP) is -6.87. The molecule has 25 nitrogen and oxygen atoms in total. The number of hydrogen-bond donors (Lipinski definition) is 16. The largest absolute Gasteiger partial charge is 0.481 e. The third kappa shape index (κ3) is 25.1. The van der Waals surface area contributed by atoms with Gasteiger partial charge in [-0.1, -0.05) is 13.8 Å². The second-order valence-electron chi connectivity index (χ2n) is 14.0. The molecule has 0 aromatic heterocycles. The van der Waals surface area contributed by atoms with E-state index in [1.165, 1.54) is 0 Å². The monoisotopic (exact) mass is 906 g/mol. The summed E-state index contributed by atoms with van der Waals surface area (Å²) in [6.07, 6.45) is -0.200. The molecule has 6 atom stereocenters. The van der Waals surface area contributed by atoms with Crippen LogP contribution in [0.2, 0.25) is 0 Å². The summed E-state index contributed by atoms with van der Waals surface area (Å²) < 4.78 is 0. The van der Waals surface area contributed by atoms with Crippen molar-refractivity contribution in [2.24, 2.45) is 39.6 Å². The fourth-order valence-corrected chi connectivity index (χ4v) is 5.51. The molecule has 9 amide bonds. The van der Waals surface area contributed by atoms with Crippen molar-refractivity contribution < 1.29 is 53.1 Å². The standard InChI is InChI=1S/C34H62N14O11S2/c1-17(2)10-21(44-25(50)13-42-28(54)18(36)15-60)32(58)48-22(11-27(52)53)33(59)47-20(6-3-4-8-35)31(57)46-19(7-5-9-40-34(38)39)29(55)43-14-26(51)45-23(16-61)30(56)41-12-24(37)49/h17-23,60-61H,3-16,35-36H2,1-2H3,(H2,37,49)(H,41,56)(H,42,54)(H,43,55)(H,44,50)(H,45,51)(H,46,57)(H,47,59)(H,48,58)(H,52,53)(H4,38,39,40)/t18-,19-,20-,21-,22-,23-/m0/s1. The topological polar surface area (TPSA) is 430 Å². The van der Waals surface area contributed by atoms with Crippen molar-refractivity contribution in [2.75, 3.05) is 44.2 Å². The summed E-state index contributed by atoms with van der Waals surface area (Å²) in [7, 11) is 0. The molecule has 0 saturated carbocycles. The van der Waals surface area contributed by atoms with Crippen LogP contribution in [0.15, 0.2) is 4.99 Å². The zero-order valence-electron chi connectivity index (χ0n) is 34.2. The van der Waals surface area contributed by atoms with Crippen LogP contribution in [-0.2, 0) is 47.9 Å². The number of carboxylic acid groups (broad SMARTS) is 1. The molecule has 0 spiro atoms. The van der Waals surface area contributed by atoms with Crippen LogP contribution >= 0.6 is 25.3 Å². The summed E-state index contributed by atoms with van der Waals surface area (Å²) in [5.74, 6) is -9.72. The molecule has 0 unspecified atom stereocenters. The predicted molar refractivity (Wildman–Crippen MR) is 228 cm³/mol. The lowest BCUT2D eigenvalue weighted by atomic mass is 10.0. The number of aliphatic carboxylic acids is 1. The zero-order chi connectivity index (χ0) is 46.7. The second kappa shape index (κ2) is 30.6. The summed E-state index contributed by atoms with van der Waals surface area (Å²) in [6, 6.07) is -7.98. The van der Waals surface area contributed by atoms with E-state index in [4.69, 9.17) is 28.7 Å². The van der Waals surface area contributed by atoms with Crippen LogP contribution in [0.5, 0.6) is 0 Å². The highest BCUT2D eigenvalue weighted by molar-refractivity contribution is 7.80. The fourth-order valence-electron chi connectivity index (χ4n) is 5.09. The molecule has 27 heteroatoms. The van der Waals surface area contributed by atoms with Gasteiger partial charge in [-0.15, -0.1) is 0 Å². The van der Waals surface area contributed by atoms with E-state index in [1.54, 1.807) is 13.8 Å². The summed E-state index contributed by atoms with van der Waals surface area (Å²) in [5.41, 5.74) is 27.0. The number of carbonyl (C=O) groups excluding carboxylic acids is 9. The summed E-state index contributed by atoms with van der Waals surface area (Å²) in [4.78, 5) is 130. The minimum absolute atomic E-state index is 0.00927. The number of amides is 9. The average Bonchev–Trinajstić information content (AvgIpc) is 3.19. The third-order valence-corrected chi connectivity index (χ3v) is 8.94. The zero-order valence-corrected chi connectivity index (χ0v) is 36.0. The van der Waals surface area contributed by atoms with E-state index in [0.29, 0.717) is 6.42 Å². The molecule has 0 fully saturated rings. The van der Waals surface area contributed by atoms with Crippen LogP contribution in [0.3, 0.4) is 0 Å². The van der Waals surface area contributed by atoms with Crippen molar-refractivity contribution in [1.29, 1.82) is 0 Å². The van der Waals surface area contributed by atoms with Gasteiger partial charge in [-0.05, 0) is 51.0 Å². The Kier molecular flexibility index (Phi) is 27.9. The molecule has 61 heavy (non-hydrogen) atoms. The number of rotatable bonds is 31.